The van der Waals surface area contributed by atoms with E-state index in [1.165, 1.54) is 41.5 Å². The maximum atomic E-state index is 13.0. The average Bonchev–Trinajstić information content (AvgIpc) is 2.87. The van der Waals surface area contributed by atoms with Crippen molar-refractivity contribution in [1.29, 1.82) is 0 Å². The SMILES string of the molecule is Cc1c(C(=O)N(C)C2CCCCC2C)sc2ncn(C)c(=O)c12. The van der Waals surface area contributed by atoms with Crippen LogP contribution in [0.4, 0.5) is 0 Å². The van der Waals surface area contributed by atoms with Gasteiger partial charge in [0, 0.05) is 20.1 Å². The van der Waals surface area contributed by atoms with Gasteiger partial charge in [0.05, 0.1) is 16.6 Å². The van der Waals surface area contributed by atoms with E-state index in [4.69, 9.17) is 0 Å². The van der Waals surface area contributed by atoms with Crippen molar-refractivity contribution in [2.45, 2.75) is 45.6 Å². The topological polar surface area (TPSA) is 55.2 Å². The standard InChI is InChI=1S/C17H23N3O2S/c1-10-7-5-6-8-12(10)20(4)17(22)14-11(2)13-15(23-14)18-9-19(3)16(13)21/h9-10,12H,5-8H2,1-4H3. The molecule has 2 unspecified atom stereocenters. The molecular weight excluding hydrogens is 310 g/mol. The normalized spacial score (nSPS) is 21.6. The summed E-state index contributed by atoms with van der Waals surface area (Å²) in [4.78, 5) is 32.8. The highest BCUT2D eigenvalue weighted by molar-refractivity contribution is 7.20. The summed E-state index contributed by atoms with van der Waals surface area (Å²) in [6.45, 7) is 4.08. The summed E-state index contributed by atoms with van der Waals surface area (Å²) in [5, 5.41) is 0.577. The first-order valence-corrected chi connectivity index (χ1v) is 8.95. The molecule has 2 aromatic rings. The summed E-state index contributed by atoms with van der Waals surface area (Å²) in [5.41, 5.74) is 0.676. The highest BCUT2D eigenvalue weighted by atomic mass is 32.1. The molecule has 1 fully saturated rings. The molecule has 1 amide bonds. The first-order valence-electron chi connectivity index (χ1n) is 8.13. The minimum atomic E-state index is -0.0866. The van der Waals surface area contributed by atoms with Gasteiger partial charge >= 0.3 is 0 Å². The molecule has 0 spiro atoms. The van der Waals surface area contributed by atoms with E-state index in [2.05, 4.69) is 11.9 Å². The minimum Gasteiger partial charge on any atom is -0.338 e. The van der Waals surface area contributed by atoms with Crippen LogP contribution in [0.2, 0.25) is 0 Å². The molecule has 0 bridgehead atoms. The quantitative estimate of drug-likeness (QED) is 0.849. The zero-order chi connectivity index (χ0) is 16.7. The van der Waals surface area contributed by atoms with Crippen LogP contribution < -0.4 is 5.56 Å². The Hall–Kier alpha value is -1.69. The zero-order valence-electron chi connectivity index (χ0n) is 14.1. The Morgan fingerprint density at radius 2 is 2.09 bits per heavy atom. The summed E-state index contributed by atoms with van der Waals surface area (Å²) >= 11 is 1.33. The Balaban J connectivity index is 1.99. The lowest BCUT2D eigenvalue weighted by molar-refractivity contribution is 0.0633. The van der Waals surface area contributed by atoms with Crippen LogP contribution >= 0.6 is 11.3 Å². The van der Waals surface area contributed by atoms with Crippen LogP contribution in [0.25, 0.3) is 10.2 Å². The number of thiophene rings is 1. The molecule has 23 heavy (non-hydrogen) atoms. The Labute approximate surface area is 139 Å². The molecule has 0 N–H and O–H groups in total. The van der Waals surface area contributed by atoms with Crippen LogP contribution in [0, 0.1) is 12.8 Å². The van der Waals surface area contributed by atoms with E-state index in [0.29, 0.717) is 21.0 Å². The van der Waals surface area contributed by atoms with Gasteiger partial charge in [-0.1, -0.05) is 19.8 Å². The number of carbonyl (C=O) groups excluding carboxylic acids is 1. The predicted molar refractivity (Wildman–Crippen MR) is 93.1 cm³/mol. The van der Waals surface area contributed by atoms with Gasteiger partial charge in [-0.15, -0.1) is 11.3 Å². The minimum absolute atomic E-state index is 0.0197. The number of nitrogens with zero attached hydrogens (tertiary/aromatic N) is 3. The fourth-order valence-corrected chi connectivity index (χ4v) is 4.72. The molecule has 2 heterocycles. The second-order valence-corrected chi connectivity index (χ2v) is 7.64. The molecule has 1 saturated carbocycles. The molecule has 3 rings (SSSR count). The van der Waals surface area contributed by atoms with E-state index in [-0.39, 0.29) is 17.5 Å². The molecule has 0 radical (unpaired) electrons. The van der Waals surface area contributed by atoms with Gasteiger partial charge in [-0.2, -0.15) is 0 Å². The summed E-state index contributed by atoms with van der Waals surface area (Å²) < 4.78 is 1.46. The maximum Gasteiger partial charge on any atom is 0.264 e. The van der Waals surface area contributed by atoms with Crippen molar-refractivity contribution in [3.63, 3.8) is 0 Å². The Morgan fingerprint density at radius 3 is 2.78 bits per heavy atom. The third-order valence-corrected chi connectivity index (χ3v) is 6.28. The van der Waals surface area contributed by atoms with E-state index in [9.17, 15) is 9.59 Å². The Bertz CT molecular complexity index is 808. The third-order valence-electron chi connectivity index (χ3n) is 5.09. The molecule has 2 aromatic heterocycles. The molecule has 0 aliphatic heterocycles. The molecule has 0 aromatic carbocycles. The lowest BCUT2D eigenvalue weighted by Crippen LogP contribution is -2.42. The van der Waals surface area contributed by atoms with E-state index in [1.54, 1.807) is 7.05 Å². The largest absolute Gasteiger partial charge is 0.338 e. The number of amides is 1. The zero-order valence-corrected chi connectivity index (χ0v) is 14.9. The van der Waals surface area contributed by atoms with Crippen LogP contribution in [-0.4, -0.2) is 33.4 Å². The van der Waals surface area contributed by atoms with Crippen molar-refractivity contribution in [3.8, 4) is 0 Å². The van der Waals surface area contributed by atoms with Gasteiger partial charge in [0.2, 0.25) is 0 Å². The molecule has 1 aliphatic carbocycles. The number of carbonyl (C=O) groups is 1. The van der Waals surface area contributed by atoms with Crippen LogP contribution in [-0.2, 0) is 7.05 Å². The predicted octanol–water partition coefficient (Wildman–Crippen LogP) is 2.95. The smallest absolute Gasteiger partial charge is 0.264 e. The van der Waals surface area contributed by atoms with Crippen LogP contribution in [0.1, 0.15) is 47.8 Å². The fourth-order valence-electron chi connectivity index (χ4n) is 3.60. The van der Waals surface area contributed by atoms with Crippen molar-refractivity contribution in [2.75, 3.05) is 7.05 Å². The second kappa shape index (κ2) is 6.07. The monoisotopic (exact) mass is 333 g/mol. The second-order valence-electron chi connectivity index (χ2n) is 6.64. The van der Waals surface area contributed by atoms with Crippen molar-refractivity contribution >= 4 is 27.5 Å². The van der Waals surface area contributed by atoms with Gasteiger partial charge in [-0.25, -0.2) is 4.98 Å². The molecule has 0 saturated heterocycles. The highest BCUT2D eigenvalue weighted by Crippen LogP contribution is 2.32. The molecule has 6 heteroatoms. The van der Waals surface area contributed by atoms with E-state index < -0.39 is 0 Å². The number of hydrogen-bond acceptors (Lipinski definition) is 4. The number of aromatic nitrogens is 2. The van der Waals surface area contributed by atoms with Crippen LogP contribution in [0.3, 0.4) is 0 Å². The van der Waals surface area contributed by atoms with E-state index in [1.807, 2.05) is 18.9 Å². The summed E-state index contributed by atoms with van der Waals surface area (Å²) in [6.07, 6.45) is 6.19. The third kappa shape index (κ3) is 2.69. The maximum absolute atomic E-state index is 13.0. The van der Waals surface area contributed by atoms with Crippen LogP contribution in [0.5, 0.6) is 0 Å². The first-order chi connectivity index (χ1) is 10.9. The van der Waals surface area contributed by atoms with Gasteiger partial charge in [0.15, 0.2) is 0 Å². The molecule has 2 atom stereocenters. The lowest BCUT2D eigenvalue weighted by atomic mass is 9.85. The molecule has 1 aliphatic rings. The average molecular weight is 333 g/mol. The van der Waals surface area contributed by atoms with Gasteiger partial charge in [-0.3, -0.25) is 9.59 Å². The Morgan fingerprint density at radius 1 is 1.39 bits per heavy atom. The summed E-state index contributed by atoms with van der Waals surface area (Å²) in [7, 11) is 3.58. The van der Waals surface area contributed by atoms with Crippen molar-refractivity contribution < 1.29 is 4.79 Å². The van der Waals surface area contributed by atoms with Gasteiger partial charge in [0.25, 0.3) is 11.5 Å². The highest BCUT2D eigenvalue weighted by Gasteiger charge is 2.30. The van der Waals surface area contributed by atoms with Gasteiger partial charge in [0.1, 0.15) is 4.83 Å². The van der Waals surface area contributed by atoms with Crippen molar-refractivity contribution in [3.05, 3.63) is 27.1 Å². The van der Waals surface area contributed by atoms with Crippen molar-refractivity contribution in [1.82, 2.24) is 14.5 Å². The summed E-state index contributed by atoms with van der Waals surface area (Å²) in [5.74, 6) is 0.546. The summed E-state index contributed by atoms with van der Waals surface area (Å²) in [6, 6.07) is 0.289. The fraction of sp³-hybridized carbons (Fsp3) is 0.588. The molecule has 124 valence electrons. The first kappa shape index (κ1) is 16.2. The molecule has 5 nitrogen and oxygen atoms in total. The van der Waals surface area contributed by atoms with Gasteiger partial charge < -0.3 is 9.47 Å². The number of aryl methyl sites for hydroxylation is 2. The molecular formula is C17H23N3O2S. The van der Waals surface area contributed by atoms with E-state index in [0.717, 1.165) is 12.0 Å². The van der Waals surface area contributed by atoms with Gasteiger partial charge in [-0.05, 0) is 31.2 Å². The van der Waals surface area contributed by atoms with Crippen LogP contribution in [0.15, 0.2) is 11.1 Å². The number of rotatable bonds is 2. The van der Waals surface area contributed by atoms with Crippen molar-refractivity contribution in [2.24, 2.45) is 13.0 Å². The van der Waals surface area contributed by atoms with E-state index >= 15 is 0 Å². The number of hydrogen-bond donors (Lipinski definition) is 0. The Kier molecular flexibility index (Phi) is 4.27. The lowest BCUT2D eigenvalue weighted by Gasteiger charge is -2.36. The number of fused-ring (bicyclic) bond motifs is 1.